The molecule has 3 aromatic rings. The van der Waals surface area contributed by atoms with Crippen molar-refractivity contribution in [1.29, 1.82) is 0 Å². The number of rotatable bonds is 6. The van der Waals surface area contributed by atoms with Crippen LogP contribution in [0.5, 0.6) is 11.5 Å². The third kappa shape index (κ3) is 4.97. The summed E-state index contributed by atoms with van der Waals surface area (Å²) in [5.74, 6) is -0.924. The van der Waals surface area contributed by atoms with E-state index in [0.717, 1.165) is 12.1 Å². The van der Waals surface area contributed by atoms with Crippen LogP contribution in [-0.4, -0.2) is 26.0 Å². The quantitative estimate of drug-likeness (QED) is 0.581. The summed E-state index contributed by atoms with van der Waals surface area (Å²) in [6.45, 7) is 0. The molecule has 0 spiro atoms. The molecule has 7 nitrogen and oxygen atoms in total. The van der Waals surface area contributed by atoms with Crippen LogP contribution in [0.2, 0.25) is 0 Å². The summed E-state index contributed by atoms with van der Waals surface area (Å²) >= 11 is 0. The number of anilines is 2. The van der Waals surface area contributed by atoms with E-state index in [1.54, 1.807) is 0 Å². The number of ether oxygens (including phenoxy) is 2. The number of carbonyl (C=O) groups excluding carboxylic acids is 2. The highest BCUT2D eigenvalue weighted by Crippen LogP contribution is 2.37. The Hall–Kier alpha value is -3.95. The fourth-order valence-corrected chi connectivity index (χ4v) is 2.74. The maximum atomic E-state index is 13.6. The highest BCUT2D eigenvalue weighted by Gasteiger charge is 2.34. The molecule has 0 unspecified atom stereocenters. The Morgan fingerprint density at radius 2 is 1.65 bits per heavy atom. The van der Waals surface area contributed by atoms with Gasteiger partial charge in [-0.15, -0.1) is 0 Å². The Morgan fingerprint density at radius 3 is 2.26 bits per heavy atom. The lowest BCUT2D eigenvalue weighted by atomic mass is 10.1. The Morgan fingerprint density at radius 1 is 0.903 bits per heavy atom. The first-order chi connectivity index (χ1) is 14.7. The van der Waals surface area contributed by atoms with Crippen LogP contribution in [-0.2, 0) is 6.18 Å². The SMILES string of the molecule is COc1ccc(C(=O)Nc2ccc(NC(=O)c3ccco3)cc2C(F)(F)F)cc1OC. The number of hydrogen-bond donors (Lipinski definition) is 2. The predicted octanol–water partition coefficient (Wildman–Crippen LogP) is 4.82. The number of furan rings is 1. The van der Waals surface area contributed by atoms with Crippen LogP contribution in [0.4, 0.5) is 24.5 Å². The van der Waals surface area contributed by atoms with E-state index in [4.69, 9.17) is 13.9 Å². The van der Waals surface area contributed by atoms with Crippen LogP contribution in [0.25, 0.3) is 0 Å². The van der Waals surface area contributed by atoms with E-state index in [0.29, 0.717) is 5.75 Å². The lowest BCUT2D eigenvalue weighted by Gasteiger charge is -2.16. The molecule has 0 aliphatic carbocycles. The minimum absolute atomic E-state index is 0.0561. The third-order valence-electron chi connectivity index (χ3n) is 4.22. The molecule has 3 rings (SSSR count). The van der Waals surface area contributed by atoms with Gasteiger partial charge < -0.3 is 24.5 Å². The van der Waals surface area contributed by atoms with Crippen molar-refractivity contribution in [2.45, 2.75) is 6.18 Å². The molecule has 2 amide bonds. The van der Waals surface area contributed by atoms with Crippen LogP contribution in [0, 0.1) is 0 Å². The highest BCUT2D eigenvalue weighted by molar-refractivity contribution is 6.06. The molecule has 0 saturated heterocycles. The normalized spacial score (nSPS) is 11.0. The van der Waals surface area contributed by atoms with E-state index in [-0.39, 0.29) is 22.8 Å². The van der Waals surface area contributed by atoms with Gasteiger partial charge >= 0.3 is 6.18 Å². The lowest BCUT2D eigenvalue weighted by Crippen LogP contribution is -2.18. The summed E-state index contributed by atoms with van der Waals surface area (Å²) in [4.78, 5) is 24.5. The summed E-state index contributed by atoms with van der Waals surface area (Å²) in [5, 5.41) is 4.56. The highest BCUT2D eigenvalue weighted by atomic mass is 19.4. The van der Waals surface area contributed by atoms with Crippen LogP contribution in [0.1, 0.15) is 26.5 Å². The van der Waals surface area contributed by atoms with Crippen LogP contribution >= 0.6 is 0 Å². The summed E-state index contributed by atoms with van der Waals surface area (Å²) in [6.07, 6.45) is -3.52. The standard InChI is InChI=1S/C21H17F3N2O5/c1-29-16-8-5-12(10-18(16)30-2)19(27)26-15-7-6-13(11-14(15)21(22,23)24)25-20(28)17-4-3-9-31-17/h3-11H,1-2H3,(H,25,28)(H,26,27). The zero-order valence-electron chi connectivity index (χ0n) is 16.4. The summed E-state index contributed by atoms with van der Waals surface area (Å²) in [7, 11) is 2.79. The minimum atomic E-state index is -4.79. The van der Waals surface area contributed by atoms with Crippen molar-refractivity contribution in [3.63, 3.8) is 0 Å². The van der Waals surface area contributed by atoms with E-state index in [2.05, 4.69) is 10.6 Å². The van der Waals surface area contributed by atoms with Gasteiger partial charge in [0.25, 0.3) is 11.8 Å². The molecular weight excluding hydrogens is 417 g/mol. The smallest absolute Gasteiger partial charge is 0.418 e. The van der Waals surface area contributed by atoms with E-state index < -0.39 is 29.2 Å². The van der Waals surface area contributed by atoms with Gasteiger partial charge in [0.15, 0.2) is 17.3 Å². The minimum Gasteiger partial charge on any atom is -0.493 e. The third-order valence-corrected chi connectivity index (χ3v) is 4.22. The van der Waals surface area contributed by atoms with Gasteiger partial charge in [-0.25, -0.2) is 0 Å². The molecule has 162 valence electrons. The van der Waals surface area contributed by atoms with Crippen LogP contribution < -0.4 is 20.1 Å². The van der Waals surface area contributed by atoms with Gasteiger partial charge in [0.05, 0.1) is 31.7 Å². The van der Waals surface area contributed by atoms with E-state index in [1.165, 1.54) is 56.9 Å². The Labute approximate surface area is 174 Å². The van der Waals surface area contributed by atoms with Gasteiger partial charge in [-0.1, -0.05) is 0 Å². The Kier molecular flexibility index (Phi) is 6.19. The van der Waals surface area contributed by atoms with Gasteiger partial charge in [0.2, 0.25) is 0 Å². The first-order valence-corrected chi connectivity index (χ1v) is 8.82. The van der Waals surface area contributed by atoms with Gasteiger partial charge in [-0.05, 0) is 48.5 Å². The van der Waals surface area contributed by atoms with Crippen molar-refractivity contribution in [2.24, 2.45) is 0 Å². The largest absolute Gasteiger partial charge is 0.493 e. The first-order valence-electron chi connectivity index (χ1n) is 8.82. The van der Waals surface area contributed by atoms with Gasteiger partial charge in [0, 0.05) is 11.3 Å². The molecule has 2 N–H and O–H groups in total. The van der Waals surface area contributed by atoms with Gasteiger partial charge in [0.1, 0.15) is 0 Å². The molecule has 0 radical (unpaired) electrons. The van der Waals surface area contributed by atoms with E-state index >= 15 is 0 Å². The fraction of sp³-hybridized carbons (Fsp3) is 0.143. The molecular formula is C21H17F3N2O5. The lowest BCUT2D eigenvalue weighted by molar-refractivity contribution is -0.136. The molecule has 31 heavy (non-hydrogen) atoms. The Bertz CT molecular complexity index is 1090. The number of amides is 2. The first kappa shape index (κ1) is 21.8. The number of nitrogens with one attached hydrogen (secondary N) is 2. The molecule has 0 atom stereocenters. The zero-order valence-corrected chi connectivity index (χ0v) is 16.4. The molecule has 0 saturated carbocycles. The second kappa shape index (κ2) is 8.82. The molecule has 10 heteroatoms. The molecule has 1 heterocycles. The average Bonchev–Trinajstić information content (AvgIpc) is 3.28. The Balaban J connectivity index is 1.86. The average molecular weight is 434 g/mol. The number of carbonyl (C=O) groups is 2. The summed E-state index contributed by atoms with van der Waals surface area (Å²) in [6, 6.07) is 10.1. The topological polar surface area (TPSA) is 89.8 Å². The molecule has 2 aromatic carbocycles. The number of benzene rings is 2. The second-order valence-corrected chi connectivity index (χ2v) is 6.21. The maximum absolute atomic E-state index is 13.6. The molecule has 0 aliphatic heterocycles. The molecule has 1 aromatic heterocycles. The van der Waals surface area contributed by atoms with Gasteiger partial charge in [-0.3, -0.25) is 9.59 Å². The number of alkyl halides is 3. The van der Waals surface area contributed by atoms with Crippen molar-refractivity contribution in [2.75, 3.05) is 24.9 Å². The number of hydrogen-bond acceptors (Lipinski definition) is 5. The van der Waals surface area contributed by atoms with E-state index in [9.17, 15) is 22.8 Å². The molecule has 0 fully saturated rings. The van der Waals surface area contributed by atoms with Gasteiger partial charge in [-0.2, -0.15) is 13.2 Å². The maximum Gasteiger partial charge on any atom is 0.418 e. The van der Waals surface area contributed by atoms with Crippen molar-refractivity contribution < 1.29 is 36.7 Å². The fourth-order valence-electron chi connectivity index (χ4n) is 2.74. The summed E-state index contributed by atoms with van der Waals surface area (Å²) < 4.78 is 55.9. The van der Waals surface area contributed by atoms with Crippen molar-refractivity contribution in [1.82, 2.24) is 0 Å². The molecule has 0 bridgehead atoms. The van der Waals surface area contributed by atoms with Crippen LogP contribution in [0.15, 0.2) is 59.2 Å². The van der Waals surface area contributed by atoms with Crippen molar-refractivity contribution in [3.8, 4) is 11.5 Å². The number of halogens is 3. The van der Waals surface area contributed by atoms with Crippen LogP contribution in [0.3, 0.4) is 0 Å². The monoisotopic (exact) mass is 434 g/mol. The van der Waals surface area contributed by atoms with Crippen molar-refractivity contribution in [3.05, 3.63) is 71.7 Å². The zero-order chi connectivity index (χ0) is 22.6. The summed E-state index contributed by atoms with van der Waals surface area (Å²) in [5.41, 5.74) is -1.64. The molecule has 0 aliphatic rings. The predicted molar refractivity (Wildman–Crippen MR) is 106 cm³/mol. The van der Waals surface area contributed by atoms with Crippen molar-refractivity contribution >= 4 is 23.2 Å². The number of methoxy groups -OCH3 is 2. The van der Waals surface area contributed by atoms with E-state index in [1.807, 2.05) is 0 Å². The second-order valence-electron chi connectivity index (χ2n) is 6.21.